The van der Waals surface area contributed by atoms with Crippen LogP contribution in [-0.2, 0) is 17.1 Å². The van der Waals surface area contributed by atoms with E-state index in [2.05, 4.69) is 4.98 Å². The molecule has 0 radical (unpaired) electrons. The Bertz CT molecular complexity index is 751. The van der Waals surface area contributed by atoms with Crippen molar-refractivity contribution in [3.05, 3.63) is 42.4 Å². The van der Waals surface area contributed by atoms with Crippen molar-refractivity contribution in [2.45, 2.75) is 5.03 Å². The Labute approximate surface area is 117 Å². The topological polar surface area (TPSA) is 105 Å². The van der Waals surface area contributed by atoms with E-state index in [1.807, 2.05) is 0 Å². The number of sulfonamides is 1. The molecule has 0 bridgehead atoms. The highest BCUT2D eigenvalue weighted by molar-refractivity contribution is 7.92. The molecule has 8 heteroatoms. The summed E-state index contributed by atoms with van der Waals surface area (Å²) in [4.78, 5) is 3.86. The summed E-state index contributed by atoms with van der Waals surface area (Å²) in [6, 6.07) is 6.58. The Kier molecular flexibility index (Phi) is 3.49. The van der Waals surface area contributed by atoms with Gasteiger partial charge in [-0.15, -0.1) is 0 Å². The van der Waals surface area contributed by atoms with Gasteiger partial charge in [-0.25, -0.2) is 4.98 Å². The molecule has 0 aliphatic heterocycles. The van der Waals surface area contributed by atoms with Crippen LogP contribution in [0.1, 0.15) is 5.56 Å². The van der Waals surface area contributed by atoms with Crippen LogP contribution in [0.4, 0.5) is 5.69 Å². The summed E-state index contributed by atoms with van der Waals surface area (Å²) in [5.74, 6) is -0.191. The third kappa shape index (κ3) is 2.37. The predicted molar refractivity (Wildman–Crippen MR) is 76.3 cm³/mol. The van der Waals surface area contributed by atoms with Crippen molar-refractivity contribution < 1.29 is 8.42 Å². The fourth-order valence-corrected chi connectivity index (χ4v) is 2.95. The first-order chi connectivity index (χ1) is 9.34. The summed E-state index contributed by atoms with van der Waals surface area (Å²) in [5.41, 5.74) is 6.18. The lowest BCUT2D eigenvalue weighted by Gasteiger charge is -2.20. The van der Waals surface area contributed by atoms with Crippen LogP contribution in [-0.4, -0.2) is 30.9 Å². The van der Waals surface area contributed by atoms with E-state index in [-0.39, 0.29) is 10.9 Å². The molecule has 3 N–H and O–H groups in total. The first-order valence-corrected chi connectivity index (χ1v) is 7.18. The molecule has 0 unspecified atom stereocenters. The second-order valence-electron chi connectivity index (χ2n) is 4.28. The zero-order valence-electron chi connectivity index (χ0n) is 11.1. The quantitative estimate of drug-likeness (QED) is 0.633. The van der Waals surface area contributed by atoms with Gasteiger partial charge in [0.2, 0.25) is 0 Å². The average Bonchev–Trinajstić information content (AvgIpc) is 2.85. The number of aromatic nitrogens is 2. The average molecular weight is 293 g/mol. The molecular weight excluding hydrogens is 278 g/mol. The second kappa shape index (κ2) is 4.97. The highest BCUT2D eigenvalue weighted by Gasteiger charge is 2.25. The number of aryl methyl sites for hydroxylation is 1. The number of nitrogens with zero attached hydrogens (tertiary/aromatic N) is 3. The number of anilines is 1. The summed E-state index contributed by atoms with van der Waals surface area (Å²) in [7, 11) is -0.680. The van der Waals surface area contributed by atoms with Gasteiger partial charge in [-0.2, -0.15) is 8.42 Å². The van der Waals surface area contributed by atoms with E-state index in [1.165, 1.54) is 19.6 Å². The molecule has 0 saturated heterocycles. The van der Waals surface area contributed by atoms with Gasteiger partial charge in [0.15, 0.2) is 5.03 Å². The van der Waals surface area contributed by atoms with Gasteiger partial charge in [-0.3, -0.25) is 9.71 Å². The van der Waals surface area contributed by atoms with E-state index >= 15 is 0 Å². The Hall–Kier alpha value is -2.35. The summed E-state index contributed by atoms with van der Waals surface area (Å²) >= 11 is 0. The van der Waals surface area contributed by atoms with Gasteiger partial charge in [-0.1, -0.05) is 12.1 Å². The van der Waals surface area contributed by atoms with Gasteiger partial charge in [0, 0.05) is 25.9 Å². The van der Waals surface area contributed by atoms with Crippen LogP contribution in [0.3, 0.4) is 0 Å². The summed E-state index contributed by atoms with van der Waals surface area (Å²) in [6.07, 6.45) is 2.83. The third-order valence-corrected chi connectivity index (χ3v) is 4.50. The lowest BCUT2D eigenvalue weighted by molar-refractivity contribution is 0.591. The molecule has 0 aliphatic rings. The fraction of sp³-hybridized carbons (Fsp3) is 0.167. The maximum absolute atomic E-state index is 12.5. The molecule has 1 aromatic carbocycles. The van der Waals surface area contributed by atoms with Gasteiger partial charge in [0.05, 0.1) is 12.0 Å². The molecule has 106 valence electrons. The normalized spacial score (nSPS) is 11.3. The number of nitrogens with one attached hydrogen (secondary N) is 1. The van der Waals surface area contributed by atoms with Crippen LogP contribution in [0.2, 0.25) is 0 Å². The highest BCUT2D eigenvalue weighted by atomic mass is 32.2. The molecule has 7 nitrogen and oxygen atoms in total. The molecule has 1 heterocycles. The molecule has 0 fully saturated rings. The van der Waals surface area contributed by atoms with E-state index < -0.39 is 10.0 Å². The van der Waals surface area contributed by atoms with E-state index in [4.69, 9.17) is 11.1 Å². The van der Waals surface area contributed by atoms with Crippen LogP contribution in [0, 0.1) is 5.41 Å². The van der Waals surface area contributed by atoms with Crippen molar-refractivity contribution in [3.63, 3.8) is 0 Å². The van der Waals surface area contributed by atoms with Gasteiger partial charge in [0.1, 0.15) is 5.84 Å². The van der Waals surface area contributed by atoms with Gasteiger partial charge < -0.3 is 10.3 Å². The molecule has 2 aromatic rings. The number of hydrogen-bond donors (Lipinski definition) is 2. The molecule has 0 atom stereocenters. The monoisotopic (exact) mass is 293 g/mol. The number of nitrogen functional groups attached to an aromatic ring is 1. The van der Waals surface area contributed by atoms with Crippen molar-refractivity contribution in [3.8, 4) is 0 Å². The maximum atomic E-state index is 12.5. The summed E-state index contributed by atoms with van der Waals surface area (Å²) in [5, 5.41) is 7.46. The van der Waals surface area contributed by atoms with Crippen molar-refractivity contribution >= 4 is 21.5 Å². The molecule has 1 aromatic heterocycles. The maximum Gasteiger partial charge on any atom is 0.283 e. The Morgan fingerprint density at radius 1 is 1.40 bits per heavy atom. The van der Waals surface area contributed by atoms with E-state index in [0.29, 0.717) is 11.3 Å². The molecule has 0 amide bonds. The minimum atomic E-state index is -3.78. The predicted octanol–water partition coefficient (Wildman–Crippen LogP) is 0.529. The van der Waals surface area contributed by atoms with E-state index in [1.54, 1.807) is 35.9 Å². The van der Waals surface area contributed by atoms with Crippen LogP contribution in [0.15, 0.2) is 41.8 Å². The zero-order valence-corrected chi connectivity index (χ0v) is 11.9. The number of nitrogens with two attached hydrogens (primary N) is 1. The molecule has 0 saturated carbocycles. The van der Waals surface area contributed by atoms with Gasteiger partial charge >= 0.3 is 0 Å². The van der Waals surface area contributed by atoms with Crippen LogP contribution in [0.25, 0.3) is 0 Å². The van der Waals surface area contributed by atoms with Gasteiger partial charge in [-0.05, 0) is 12.1 Å². The van der Waals surface area contributed by atoms with E-state index in [0.717, 1.165) is 4.31 Å². The lowest BCUT2D eigenvalue weighted by atomic mass is 10.1. The zero-order chi connectivity index (χ0) is 14.9. The standard InChI is InChI=1S/C12H15N5O2S/c1-16-7-11(15-8-16)20(18,19)17(2)10-6-4-3-5-9(10)12(13)14/h3-8H,1-2H3,(H3,13,14). The van der Waals surface area contributed by atoms with Crippen molar-refractivity contribution in [2.24, 2.45) is 12.8 Å². The first kappa shape index (κ1) is 14.1. The van der Waals surface area contributed by atoms with Crippen molar-refractivity contribution in [1.82, 2.24) is 9.55 Å². The van der Waals surface area contributed by atoms with Crippen molar-refractivity contribution in [1.29, 1.82) is 5.41 Å². The number of rotatable bonds is 4. The summed E-state index contributed by atoms with van der Waals surface area (Å²) < 4.78 is 27.5. The minimum absolute atomic E-state index is 0.0548. The Morgan fingerprint density at radius 2 is 2.05 bits per heavy atom. The minimum Gasteiger partial charge on any atom is -0.384 e. The SMILES string of the molecule is CN(c1ccccc1C(=N)N)S(=O)(=O)c1cn(C)cn1. The van der Waals surface area contributed by atoms with Gasteiger partial charge in [0.25, 0.3) is 10.0 Å². The number of para-hydroxylation sites is 1. The number of imidazole rings is 1. The number of amidine groups is 1. The molecular formula is C12H15N5O2S. The Balaban J connectivity index is 2.51. The second-order valence-corrected chi connectivity index (χ2v) is 6.20. The molecule has 20 heavy (non-hydrogen) atoms. The van der Waals surface area contributed by atoms with Crippen LogP contribution >= 0.6 is 0 Å². The first-order valence-electron chi connectivity index (χ1n) is 5.74. The Morgan fingerprint density at radius 3 is 2.60 bits per heavy atom. The smallest absolute Gasteiger partial charge is 0.283 e. The van der Waals surface area contributed by atoms with E-state index in [9.17, 15) is 8.42 Å². The van der Waals surface area contributed by atoms with Crippen LogP contribution < -0.4 is 10.0 Å². The number of benzene rings is 1. The van der Waals surface area contributed by atoms with Crippen molar-refractivity contribution in [2.75, 3.05) is 11.4 Å². The highest BCUT2D eigenvalue weighted by Crippen LogP contribution is 2.24. The molecule has 2 rings (SSSR count). The fourth-order valence-electron chi connectivity index (χ4n) is 1.77. The van der Waals surface area contributed by atoms with Crippen LogP contribution in [0.5, 0.6) is 0 Å². The summed E-state index contributed by atoms with van der Waals surface area (Å²) in [6.45, 7) is 0. The largest absolute Gasteiger partial charge is 0.384 e. The number of hydrogen-bond acceptors (Lipinski definition) is 4. The lowest BCUT2D eigenvalue weighted by Crippen LogP contribution is -2.29. The third-order valence-electron chi connectivity index (χ3n) is 2.84. The molecule has 0 spiro atoms. The molecule has 0 aliphatic carbocycles.